The molecule has 17 heavy (non-hydrogen) atoms. The molecule has 0 heterocycles. The summed E-state index contributed by atoms with van der Waals surface area (Å²) in [6, 6.07) is 4.38. The summed E-state index contributed by atoms with van der Waals surface area (Å²) < 4.78 is 35.7. The van der Waals surface area contributed by atoms with E-state index in [9.17, 15) is 18.0 Å². The number of halogens is 3. The topological polar surface area (TPSA) is 67.2 Å². The van der Waals surface area contributed by atoms with Gasteiger partial charge in [0.25, 0.3) is 5.91 Å². The second kappa shape index (κ2) is 5.05. The molecule has 0 aliphatic rings. The molecule has 4 N–H and O–H groups in total. The average Bonchev–Trinajstić information content (AvgIpc) is 2.24. The van der Waals surface area contributed by atoms with Gasteiger partial charge in [0, 0.05) is 5.56 Å². The van der Waals surface area contributed by atoms with E-state index in [-0.39, 0.29) is 5.56 Å². The van der Waals surface area contributed by atoms with E-state index in [0.717, 1.165) is 0 Å². The Morgan fingerprint density at radius 3 is 2.53 bits per heavy atom. The average molecular weight is 247 g/mol. The number of carbonyl (C=O) groups is 1. The summed E-state index contributed by atoms with van der Waals surface area (Å²) >= 11 is 0. The van der Waals surface area contributed by atoms with Crippen LogP contribution in [0.4, 0.5) is 18.9 Å². The molecular formula is C10H12F3N3O. The zero-order chi connectivity index (χ0) is 13.1. The van der Waals surface area contributed by atoms with Gasteiger partial charge in [-0.15, -0.1) is 0 Å². The lowest BCUT2D eigenvalue weighted by molar-refractivity contribution is -0.123. The number of aryl methyl sites for hydroxylation is 1. The molecule has 0 saturated carbocycles. The zero-order valence-corrected chi connectivity index (χ0v) is 9.06. The maximum absolute atomic E-state index is 11.9. The highest BCUT2D eigenvalue weighted by Crippen LogP contribution is 2.16. The Hall–Kier alpha value is -1.76. The molecule has 0 aromatic heterocycles. The molecule has 1 rings (SSSR count). The second-order valence-electron chi connectivity index (χ2n) is 3.47. The highest BCUT2D eigenvalue weighted by Gasteiger charge is 2.27. The molecular weight excluding hydrogens is 235 g/mol. The number of nitrogen functional groups attached to an aromatic ring is 1. The third-order valence-corrected chi connectivity index (χ3v) is 2.09. The summed E-state index contributed by atoms with van der Waals surface area (Å²) in [5.74, 6) is 4.42. The van der Waals surface area contributed by atoms with Crippen LogP contribution in [0.5, 0.6) is 0 Å². The molecule has 0 bridgehead atoms. The fraction of sp³-hybridized carbons (Fsp3) is 0.300. The summed E-state index contributed by atoms with van der Waals surface area (Å²) in [4.78, 5) is 11.4. The van der Waals surface area contributed by atoms with Crippen molar-refractivity contribution in [3.63, 3.8) is 0 Å². The number of nitrogens with one attached hydrogen (secondary N) is 2. The van der Waals surface area contributed by atoms with Crippen molar-refractivity contribution in [3.8, 4) is 0 Å². The molecule has 1 amide bonds. The van der Waals surface area contributed by atoms with Crippen LogP contribution in [0.25, 0.3) is 0 Å². The molecule has 0 saturated heterocycles. The van der Waals surface area contributed by atoms with E-state index in [4.69, 9.17) is 5.84 Å². The van der Waals surface area contributed by atoms with Gasteiger partial charge in [-0.2, -0.15) is 13.2 Å². The first-order chi connectivity index (χ1) is 7.83. The van der Waals surface area contributed by atoms with Crippen LogP contribution in [0.1, 0.15) is 15.9 Å². The molecule has 4 nitrogen and oxygen atoms in total. The van der Waals surface area contributed by atoms with Crippen molar-refractivity contribution < 1.29 is 18.0 Å². The Balaban J connectivity index is 2.73. The number of anilines is 1. The maximum Gasteiger partial charge on any atom is 0.405 e. The molecule has 1 aromatic carbocycles. The SMILES string of the molecule is Cc1cc(C(=O)NCC(F)(F)F)ccc1NN. The summed E-state index contributed by atoms with van der Waals surface area (Å²) in [6.45, 7) is 0.345. The highest BCUT2D eigenvalue weighted by atomic mass is 19.4. The van der Waals surface area contributed by atoms with Crippen molar-refractivity contribution in [2.75, 3.05) is 12.0 Å². The number of rotatable bonds is 3. The van der Waals surface area contributed by atoms with Crippen LogP contribution in [0.2, 0.25) is 0 Å². The van der Waals surface area contributed by atoms with Crippen molar-refractivity contribution in [1.82, 2.24) is 5.32 Å². The van der Waals surface area contributed by atoms with Gasteiger partial charge >= 0.3 is 6.18 Å². The molecule has 94 valence electrons. The van der Waals surface area contributed by atoms with E-state index in [2.05, 4.69) is 5.43 Å². The van der Waals surface area contributed by atoms with Gasteiger partial charge in [0.15, 0.2) is 0 Å². The summed E-state index contributed by atoms with van der Waals surface area (Å²) in [5.41, 5.74) is 3.85. The Labute approximate surface area is 96.0 Å². The van der Waals surface area contributed by atoms with Gasteiger partial charge in [-0.05, 0) is 30.7 Å². The van der Waals surface area contributed by atoms with Crippen molar-refractivity contribution in [1.29, 1.82) is 0 Å². The zero-order valence-electron chi connectivity index (χ0n) is 9.06. The summed E-state index contributed by atoms with van der Waals surface area (Å²) in [7, 11) is 0. The quantitative estimate of drug-likeness (QED) is 0.561. The molecule has 1 aromatic rings. The molecule has 0 fully saturated rings. The fourth-order valence-electron chi connectivity index (χ4n) is 1.25. The monoisotopic (exact) mass is 247 g/mol. The van der Waals surface area contributed by atoms with Gasteiger partial charge in [0.05, 0.1) is 5.69 Å². The Kier molecular flexibility index (Phi) is 3.95. The maximum atomic E-state index is 11.9. The van der Waals surface area contributed by atoms with E-state index in [1.54, 1.807) is 12.2 Å². The molecule has 0 aliphatic heterocycles. The first-order valence-electron chi connectivity index (χ1n) is 4.75. The first-order valence-corrected chi connectivity index (χ1v) is 4.75. The van der Waals surface area contributed by atoms with Gasteiger partial charge in [-0.3, -0.25) is 10.6 Å². The van der Waals surface area contributed by atoms with E-state index in [0.29, 0.717) is 11.3 Å². The number of carbonyl (C=O) groups excluding carboxylic acids is 1. The smallest absolute Gasteiger partial charge is 0.343 e. The first kappa shape index (κ1) is 13.3. The van der Waals surface area contributed by atoms with Crippen molar-refractivity contribution in [2.45, 2.75) is 13.1 Å². The largest absolute Gasteiger partial charge is 0.405 e. The predicted octanol–water partition coefficient (Wildman–Crippen LogP) is 1.57. The number of nitrogens with two attached hydrogens (primary N) is 1. The molecule has 0 radical (unpaired) electrons. The lowest BCUT2D eigenvalue weighted by Gasteiger charge is -2.10. The van der Waals surface area contributed by atoms with Crippen molar-refractivity contribution in [2.24, 2.45) is 5.84 Å². The van der Waals surface area contributed by atoms with Gasteiger partial charge < -0.3 is 10.7 Å². The van der Waals surface area contributed by atoms with E-state index in [1.165, 1.54) is 18.2 Å². The molecule has 0 aliphatic carbocycles. The number of hydrogen-bond acceptors (Lipinski definition) is 3. The Bertz CT molecular complexity index is 418. The van der Waals surface area contributed by atoms with Crippen LogP contribution in [0, 0.1) is 6.92 Å². The number of benzene rings is 1. The normalized spacial score (nSPS) is 11.1. The van der Waals surface area contributed by atoms with E-state index >= 15 is 0 Å². The number of amides is 1. The van der Waals surface area contributed by atoms with Crippen LogP contribution in [-0.4, -0.2) is 18.6 Å². The van der Waals surface area contributed by atoms with Crippen LogP contribution in [0.3, 0.4) is 0 Å². The van der Waals surface area contributed by atoms with Crippen molar-refractivity contribution >= 4 is 11.6 Å². The minimum atomic E-state index is -4.41. The number of hydrazine groups is 1. The van der Waals surface area contributed by atoms with Gasteiger partial charge in [0.1, 0.15) is 6.54 Å². The van der Waals surface area contributed by atoms with E-state index < -0.39 is 18.6 Å². The van der Waals surface area contributed by atoms with Gasteiger partial charge in [0.2, 0.25) is 0 Å². The van der Waals surface area contributed by atoms with Crippen LogP contribution >= 0.6 is 0 Å². The van der Waals surface area contributed by atoms with Crippen molar-refractivity contribution in [3.05, 3.63) is 29.3 Å². The predicted molar refractivity (Wildman–Crippen MR) is 57.4 cm³/mol. The second-order valence-corrected chi connectivity index (χ2v) is 3.47. The molecule has 0 spiro atoms. The Morgan fingerprint density at radius 1 is 1.41 bits per heavy atom. The molecule has 7 heteroatoms. The Morgan fingerprint density at radius 2 is 2.06 bits per heavy atom. The lowest BCUT2D eigenvalue weighted by atomic mass is 10.1. The number of alkyl halides is 3. The summed E-state index contributed by atoms with van der Waals surface area (Å²) in [6.07, 6.45) is -4.41. The summed E-state index contributed by atoms with van der Waals surface area (Å²) in [5, 5.41) is 1.79. The fourth-order valence-corrected chi connectivity index (χ4v) is 1.25. The van der Waals surface area contributed by atoms with Crippen LogP contribution in [0.15, 0.2) is 18.2 Å². The molecule has 0 atom stereocenters. The lowest BCUT2D eigenvalue weighted by Crippen LogP contribution is -2.33. The molecule has 0 unspecified atom stereocenters. The number of hydrogen-bond donors (Lipinski definition) is 3. The minimum Gasteiger partial charge on any atom is -0.343 e. The third kappa shape index (κ3) is 3.95. The highest BCUT2D eigenvalue weighted by molar-refractivity contribution is 5.94. The van der Waals surface area contributed by atoms with E-state index in [1.807, 2.05) is 0 Å². The standard InChI is InChI=1S/C10H12F3N3O/c1-6-4-7(2-3-8(6)16-14)9(17)15-5-10(11,12)13/h2-4,16H,5,14H2,1H3,(H,15,17). The van der Waals surface area contributed by atoms with Crippen LogP contribution < -0.4 is 16.6 Å². The van der Waals surface area contributed by atoms with Gasteiger partial charge in [-0.1, -0.05) is 0 Å². The minimum absolute atomic E-state index is 0.158. The third-order valence-electron chi connectivity index (χ3n) is 2.09. The van der Waals surface area contributed by atoms with Gasteiger partial charge in [-0.25, -0.2) is 0 Å². The van der Waals surface area contributed by atoms with Crippen LogP contribution in [-0.2, 0) is 0 Å².